The number of hydrogen-bond acceptors (Lipinski definition) is 4. The van der Waals surface area contributed by atoms with Crippen molar-refractivity contribution in [2.45, 2.75) is 20.4 Å². The van der Waals surface area contributed by atoms with E-state index in [0.29, 0.717) is 11.6 Å². The number of fused-ring (bicyclic) bond motifs is 1. The third kappa shape index (κ3) is 3.29. The summed E-state index contributed by atoms with van der Waals surface area (Å²) >= 11 is 0. The second kappa shape index (κ2) is 6.71. The van der Waals surface area contributed by atoms with Crippen molar-refractivity contribution in [2.24, 2.45) is 0 Å². The van der Waals surface area contributed by atoms with Crippen molar-refractivity contribution < 1.29 is 5.11 Å². The van der Waals surface area contributed by atoms with Gasteiger partial charge in [0.1, 0.15) is 5.75 Å². The van der Waals surface area contributed by atoms with Gasteiger partial charge >= 0.3 is 0 Å². The maximum Gasteiger partial charge on any atom is 0.205 e. The summed E-state index contributed by atoms with van der Waals surface area (Å²) < 4.78 is 0. The van der Waals surface area contributed by atoms with Crippen molar-refractivity contribution in [3.8, 4) is 5.75 Å². The van der Waals surface area contributed by atoms with Crippen molar-refractivity contribution in [1.29, 1.82) is 0 Å². The Morgan fingerprint density at radius 3 is 2.61 bits per heavy atom. The van der Waals surface area contributed by atoms with Gasteiger partial charge in [-0.1, -0.05) is 38.1 Å². The average molecular weight is 310 g/mol. The number of H-pyrrole nitrogens is 1. The number of hydrogen-bond donors (Lipinski definition) is 3. The van der Waals surface area contributed by atoms with E-state index in [0.717, 1.165) is 36.2 Å². The summed E-state index contributed by atoms with van der Waals surface area (Å²) in [5, 5.41) is 13.7. The number of aromatic nitrogens is 2. The van der Waals surface area contributed by atoms with Crippen LogP contribution in [0.5, 0.6) is 5.75 Å². The minimum absolute atomic E-state index is 0.278. The molecular weight excluding hydrogens is 288 g/mol. The lowest BCUT2D eigenvalue weighted by Crippen LogP contribution is -2.22. The van der Waals surface area contributed by atoms with Crippen LogP contribution in [-0.4, -0.2) is 33.1 Å². The standard InChI is InChI=1S/C18H22N4O/c1-3-22(4-2)12-13-8-7-11-16(17(13)23)21-18-19-14-9-5-6-10-15(14)20-18/h5-11,23H,3-4,12H2,1-2H3,(H2,19,20,21). The summed E-state index contributed by atoms with van der Waals surface area (Å²) in [6.45, 7) is 6.89. The minimum atomic E-state index is 0.278. The van der Waals surface area contributed by atoms with Crippen LogP contribution >= 0.6 is 0 Å². The van der Waals surface area contributed by atoms with E-state index in [9.17, 15) is 5.11 Å². The zero-order valence-corrected chi connectivity index (χ0v) is 13.5. The Labute approximate surface area is 136 Å². The van der Waals surface area contributed by atoms with Gasteiger partial charge in [-0.2, -0.15) is 0 Å². The lowest BCUT2D eigenvalue weighted by Gasteiger charge is -2.19. The topological polar surface area (TPSA) is 64.2 Å². The van der Waals surface area contributed by atoms with Gasteiger partial charge in [-0.15, -0.1) is 0 Å². The molecule has 0 unspecified atom stereocenters. The Hall–Kier alpha value is -2.53. The molecule has 3 rings (SSSR count). The predicted molar refractivity (Wildman–Crippen MR) is 94.1 cm³/mol. The van der Waals surface area contributed by atoms with Gasteiger partial charge < -0.3 is 15.4 Å². The first-order valence-electron chi connectivity index (χ1n) is 7.96. The molecule has 0 aliphatic heterocycles. The van der Waals surface area contributed by atoms with Crippen molar-refractivity contribution >= 4 is 22.7 Å². The molecule has 0 atom stereocenters. The van der Waals surface area contributed by atoms with Crippen LogP contribution in [0.25, 0.3) is 11.0 Å². The number of para-hydroxylation sites is 3. The molecule has 1 heterocycles. The Bertz CT molecular complexity index is 760. The fourth-order valence-electron chi connectivity index (χ4n) is 2.65. The number of anilines is 2. The maximum atomic E-state index is 10.5. The molecule has 0 aliphatic rings. The number of aromatic amines is 1. The molecule has 120 valence electrons. The van der Waals surface area contributed by atoms with Crippen molar-refractivity contribution in [3.63, 3.8) is 0 Å². The number of nitrogens with one attached hydrogen (secondary N) is 2. The third-order valence-electron chi connectivity index (χ3n) is 4.05. The molecule has 0 radical (unpaired) electrons. The van der Waals surface area contributed by atoms with Gasteiger partial charge in [0.05, 0.1) is 16.7 Å². The first-order chi connectivity index (χ1) is 11.2. The molecule has 3 aromatic rings. The highest BCUT2D eigenvalue weighted by atomic mass is 16.3. The van der Waals surface area contributed by atoms with Crippen LogP contribution in [0.2, 0.25) is 0 Å². The summed E-state index contributed by atoms with van der Waals surface area (Å²) in [7, 11) is 0. The largest absolute Gasteiger partial charge is 0.505 e. The Morgan fingerprint density at radius 2 is 1.87 bits per heavy atom. The maximum absolute atomic E-state index is 10.5. The van der Waals surface area contributed by atoms with E-state index < -0.39 is 0 Å². The number of aromatic hydroxyl groups is 1. The minimum Gasteiger partial charge on any atom is -0.505 e. The summed E-state index contributed by atoms with van der Waals surface area (Å²) in [5.41, 5.74) is 3.44. The van der Waals surface area contributed by atoms with E-state index >= 15 is 0 Å². The molecule has 23 heavy (non-hydrogen) atoms. The zero-order chi connectivity index (χ0) is 16.2. The molecule has 1 aromatic heterocycles. The van der Waals surface area contributed by atoms with Gasteiger partial charge in [0, 0.05) is 12.1 Å². The second-order valence-corrected chi connectivity index (χ2v) is 5.50. The van der Waals surface area contributed by atoms with Crippen LogP contribution in [0.1, 0.15) is 19.4 Å². The first-order valence-corrected chi connectivity index (χ1v) is 7.96. The van der Waals surface area contributed by atoms with Crippen LogP contribution in [0.4, 0.5) is 11.6 Å². The van der Waals surface area contributed by atoms with Gasteiger partial charge in [-0.3, -0.25) is 4.90 Å². The molecule has 0 fully saturated rings. The molecule has 0 spiro atoms. The van der Waals surface area contributed by atoms with Gasteiger partial charge in [0.15, 0.2) is 0 Å². The van der Waals surface area contributed by atoms with Gasteiger partial charge in [0.2, 0.25) is 5.95 Å². The van der Waals surface area contributed by atoms with Crippen LogP contribution in [0, 0.1) is 0 Å². The lowest BCUT2D eigenvalue weighted by molar-refractivity contribution is 0.291. The molecule has 0 saturated carbocycles. The zero-order valence-electron chi connectivity index (χ0n) is 13.5. The predicted octanol–water partition coefficient (Wildman–Crippen LogP) is 3.85. The molecule has 5 nitrogen and oxygen atoms in total. The first kappa shape index (κ1) is 15.4. The smallest absolute Gasteiger partial charge is 0.205 e. The van der Waals surface area contributed by atoms with Crippen molar-refractivity contribution in [1.82, 2.24) is 14.9 Å². The number of rotatable bonds is 6. The molecule has 3 N–H and O–H groups in total. The Balaban J connectivity index is 1.85. The number of benzene rings is 2. The molecule has 2 aromatic carbocycles. The summed E-state index contributed by atoms with van der Waals surface area (Å²) in [5.74, 6) is 0.904. The Morgan fingerprint density at radius 1 is 1.09 bits per heavy atom. The van der Waals surface area contributed by atoms with E-state index in [-0.39, 0.29) is 5.75 Å². The lowest BCUT2D eigenvalue weighted by atomic mass is 10.1. The quantitative estimate of drug-likeness (QED) is 0.605. The van der Waals surface area contributed by atoms with Crippen LogP contribution in [0.15, 0.2) is 42.5 Å². The molecular formula is C18H22N4O. The van der Waals surface area contributed by atoms with Crippen molar-refractivity contribution in [3.05, 3.63) is 48.0 Å². The highest BCUT2D eigenvalue weighted by Gasteiger charge is 2.11. The molecule has 0 aliphatic carbocycles. The van der Waals surface area contributed by atoms with Gasteiger partial charge in [-0.25, -0.2) is 4.98 Å². The molecule has 5 heteroatoms. The van der Waals surface area contributed by atoms with E-state index in [1.54, 1.807) is 0 Å². The number of phenols is 1. The molecule has 0 saturated heterocycles. The Kier molecular flexibility index (Phi) is 4.48. The highest BCUT2D eigenvalue weighted by molar-refractivity contribution is 5.78. The number of imidazole rings is 1. The second-order valence-electron chi connectivity index (χ2n) is 5.50. The number of nitrogens with zero attached hydrogens (tertiary/aromatic N) is 2. The van der Waals surface area contributed by atoms with E-state index in [1.807, 2.05) is 42.5 Å². The van der Waals surface area contributed by atoms with Crippen molar-refractivity contribution in [2.75, 3.05) is 18.4 Å². The SMILES string of the molecule is CCN(CC)Cc1cccc(Nc2nc3ccccc3[nH]2)c1O. The summed E-state index contributed by atoms with van der Waals surface area (Å²) in [6, 6.07) is 13.6. The normalized spacial score (nSPS) is 11.3. The molecule has 0 bridgehead atoms. The van der Waals surface area contributed by atoms with Gasteiger partial charge in [0.25, 0.3) is 0 Å². The highest BCUT2D eigenvalue weighted by Crippen LogP contribution is 2.30. The van der Waals surface area contributed by atoms with Crippen LogP contribution < -0.4 is 5.32 Å². The number of phenolic OH excluding ortho intramolecular Hbond substituents is 1. The fraction of sp³-hybridized carbons (Fsp3) is 0.278. The average Bonchev–Trinajstić information content (AvgIpc) is 2.98. The van der Waals surface area contributed by atoms with E-state index in [1.165, 1.54) is 0 Å². The van der Waals surface area contributed by atoms with E-state index in [2.05, 4.69) is 34.0 Å². The summed E-state index contributed by atoms with van der Waals surface area (Å²) in [6.07, 6.45) is 0. The third-order valence-corrected chi connectivity index (χ3v) is 4.05. The fourth-order valence-corrected chi connectivity index (χ4v) is 2.65. The van der Waals surface area contributed by atoms with E-state index in [4.69, 9.17) is 0 Å². The monoisotopic (exact) mass is 310 g/mol. The summed E-state index contributed by atoms with van der Waals surface area (Å²) in [4.78, 5) is 9.96. The van der Waals surface area contributed by atoms with Gasteiger partial charge in [-0.05, 0) is 31.3 Å². The van der Waals surface area contributed by atoms with Crippen LogP contribution in [-0.2, 0) is 6.54 Å². The van der Waals surface area contributed by atoms with Crippen LogP contribution in [0.3, 0.4) is 0 Å². The molecule has 0 amide bonds.